The Bertz CT molecular complexity index is 1300. The van der Waals surface area contributed by atoms with Gasteiger partial charge in [0.2, 0.25) is 10.0 Å². The van der Waals surface area contributed by atoms with Crippen LogP contribution in [0.2, 0.25) is 5.15 Å². The van der Waals surface area contributed by atoms with Gasteiger partial charge in [0.05, 0.1) is 23.3 Å². The van der Waals surface area contributed by atoms with Gasteiger partial charge in [0.25, 0.3) is 0 Å². The summed E-state index contributed by atoms with van der Waals surface area (Å²) < 4.78 is 25.2. The highest BCUT2D eigenvalue weighted by atomic mass is 35.5. The quantitative estimate of drug-likeness (QED) is 0.606. The Balaban J connectivity index is 1.53. The number of H-pyrrole nitrogens is 1. The highest BCUT2D eigenvalue weighted by Crippen LogP contribution is 2.36. The summed E-state index contributed by atoms with van der Waals surface area (Å²) in [6.07, 6.45) is 8.14. The molecule has 3 aromatic heterocycles. The highest BCUT2D eigenvalue weighted by Gasteiger charge is 2.30. The van der Waals surface area contributed by atoms with Crippen LogP contribution in [0, 0.1) is 0 Å². The molecule has 31 heavy (non-hydrogen) atoms. The largest absolute Gasteiger partial charge is 0.363 e. The van der Waals surface area contributed by atoms with Crippen molar-refractivity contribution in [2.24, 2.45) is 0 Å². The molecule has 10 heteroatoms. The summed E-state index contributed by atoms with van der Waals surface area (Å²) in [6, 6.07) is 4.15. The van der Waals surface area contributed by atoms with Crippen molar-refractivity contribution < 1.29 is 8.42 Å². The maximum Gasteiger partial charge on any atom is 0.211 e. The number of hydrogen-bond acceptors (Lipinski definition) is 6. The second-order valence-electron chi connectivity index (χ2n) is 8.13. The Morgan fingerprint density at radius 1 is 1.29 bits per heavy atom. The first-order valence-electron chi connectivity index (χ1n) is 10.2. The fourth-order valence-electron chi connectivity index (χ4n) is 4.50. The molecule has 1 N–H and O–H groups in total. The van der Waals surface area contributed by atoms with Gasteiger partial charge in [0, 0.05) is 49.2 Å². The standard InChI is InChI=1S/C21H23ClN6O2S/c1-13-9-17-16(11-28(13)18-10-19(22)26-21-15(18)3-6-23-21)20(25-12-24-17)14-4-7-27(8-5-14)31(2,29)30/h3-4,6,10,12-13H,5,7-9,11H2,1-2H3,(H,23,26). The molecule has 162 valence electrons. The first kappa shape index (κ1) is 20.4. The summed E-state index contributed by atoms with van der Waals surface area (Å²) in [6.45, 7) is 3.67. The molecule has 0 fully saturated rings. The molecule has 0 saturated heterocycles. The monoisotopic (exact) mass is 458 g/mol. The van der Waals surface area contributed by atoms with Gasteiger partial charge in [-0.2, -0.15) is 4.31 Å². The molecular formula is C21H23ClN6O2S. The number of hydrogen-bond donors (Lipinski definition) is 1. The van der Waals surface area contributed by atoms with E-state index in [4.69, 9.17) is 11.6 Å². The lowest BCUT2D eigenvalue weighted by Gasteiger charge is -2.37. The van der Waals surface area contributed by atoms with Crippen molar-refractivity contribution in [2.75, 3.05) is 24.2 Å². The number of anilines is 1. The van der Waals surface area contributed by atoms with E-state index in [1.807, 2.05) is 24.4 Å². The zero-order valence-electron chi connectivity index (χ0n) is 17.3. The molecule has 2 aliphatic heterocycles. The molecule has 3 aromatic rings. The molecule has 0 spiro atoms. The van der Waals surface area contributed by atoms with Crippen molar-refractivity contribution in [3.05, 3.63) is 52.8 Å². The Labute approximate surface area is 186 Å². The minimum atomic E-state index is -3.19. The molecule has 0 aliphatic carbocycles. The van der Waals surface area contributed by atoms with E-state index < -0.39 is 10.0 Å². The van der Waals surface area contributed by atoms with Crippen LogP contribution in [0.15, 0.2) is 30.7 Å². The number of pyridine rings is 1. The lowest BCUT2D eigenvalue weighted by atomic mass is 9.93. The number of aromatic nitrogens is 4. The van der Waals surface area contributed by atoms with E-state index in [1.165, 1.54) is 10.6 Å². The van der Waals surface area contributed by atoms with E-state index >= 15 is 0 Å². The molecule has 0 amide bonds. The smallest absolute Gasteiger partial charge is 0.211 e. The molecule has 8 nitrogen and oxygen atoms in total. The molecule has 5 rings (SSSR count). The molecular weight excluding hydrogens is 436 g/mol. The van der Waals surface area contributed by atoms with Gasteiger partial charge in [-0.05, 0) is 31.1 Å². The number of rotatable bonds is 3. The second kappa shape index (κ2) is 7.58. The molecule has 0 aromatic carbocycles. The van der Waals surface area contributed by atoms with Crippen molar-refractivity contribution in [3.63, 3.8) is 0 Å². The van der Waals surface area contributed by atoms with Gasteiger partial charge in [-0.25, -0.2) is 23.4 Å². The minimum absolute atomic E-state index is 0.230. The number of fused-ring (bicyclic) bond motifs is 2. The van der Waals surface area contributed by atoms with Gasteiger partial charge in [-0.15, -0.1) is 0 Å². The van der Waals surface area contributed by atoms with Crippen LogP contribution in [0.4, 0.5) is 5.69 Å². The van der Waals surface area contributed by atoms with Crippen LogP contribution < -0.4 is 4.90 Å². The number of nitrogens with zero attached hydrogens (tertiary/aromatic N) is 5. The number of sulfonamides is 1. The Morgan fingerprint density at radius 3 is 2.87 bits per heavy atom. The predicted molar refractivity (Wildman–Crippen MR) is 121 cm³/mol. The van der Waals surface area contributed by atoms with Crippen molar-refractivity contribution >= 4 is 43.9 Å². The van der Waals surface area contributed by atoms with Crippen molar-refractivity contribution in [1.82, 2.24) is 24.2 Å². The predicted octanol–water partition coefficient (Wildman–Crippen LogP) is 3.01. The average Bonchev–Trinajstić information content (AvgIpc) is 3.20. The van der Waals surface area contributed by atoms with Crippen LogP contribution in [0.25, 0.3) is 16.6 Å². The Morgan fingerprint density at radius 2 is 2.13 bits per heavy atom. The van der Waals surface area contributed by atoms with Crippen molar-refractivity contribution in [2.45, 2.75) is 32.4 Å². The zero-order chi connectivity index (χ0) is 21.8. The van der Waals surface area contributed by atoms with Crippen LogP contribution in [0.5, 0.6) is 0 Å². The maximum atomic E-state index is 11.9. The van der Waals surface area contributed by atoms with E-state index in [1.54, 1.807) is 6.33 Å². The summed E-state index contributed by atoms with van der Waals surface area (Å²) in [7, 11) is -3.19. The summed E-state index contributed by atoms with van der Waals surface area (Å²) in [5.41, 5.74) is 5.93. The van der Waals surface area contributed by atoms with Gasteiger partial charge in [0.1, 0.15) is 17.1 Å². The van der Waals surface area contributed by atoms with E-state index in [-0.39, 0.29) is 6.04 Å². The fourth-order valence-corrected chi connectivity index (χ4v) is 5.46. The first-order valence-corrected chi connectivity index (χ1v) is 12.4. The molecule has 0 saturated carbocycles. The van der Waals surface area contributed by atoms with Crippen LogP contribution in [-0.4, -0.2) is 58.0 Å². The van der Waals surface area contributed by atoms with E-state index in [0.717, 1.165) is 45.7 Å². The van der Waals surface area contributed by atoms with Gasteiger partial charge >= 0.3 is 0 Å². The van der Waals surface area contributed by atoms with Gasteiger partial charge in [0.15, 0.2) is 0 Å². The third-order valence-corrected chi connectivity index (χ3v) is 7.58. The number of halogens is 1. The third-order valence-electron chi connectivity index (χ3n) is 6.11. The van der Waals surface area contributed by atoms with Crippen molar-refractivity contribution in [1.29, 1.82) is 0 Å². The lowest BCUT2D eigenvalue weighted by Crippen LogP contribution is -2.40. The summed E-state index contributed by atoms with van der Waals surface area (Å²) >= 11 is 6.31. The van der Waals surface area contributed by atoms with Crippen molar-refractivity contribution in [3.8, 4) is 0 Å². The fraction of sp³-hybridized carbons (Fsp3) is 0.381. The van der Waals surface area contributed by atoms with Crippen LogP contribution in [-0.2, 0) is 23.0 Å². The van der Waals surface area contributed by atoms with Crippen LogP contribution in [0.3, 0.4) is 0 Å². The van der Waals surface area contributed by atoms with E-state index in [2.05, 4.69) is 31.8 Å². The van der Waals surface area contributed by atoms with Gasteiger partial charge in [-0.3, -0.25) is 0 Å². The van der Waals surface area contributed by atoms with Crippen LogP contribution in [0.1, 0.15) is 30.3 Å². The Hall–Kier alpha value is -2.49. The van der Waals surface area contributed by atoms with E-state index in [0.29, 0.717) is 31.2 Å². The topological polar surface area (TPSA) is 95.1 Å². The summed E-state index contributed by atoms with van der Waals surface area (Å²) in [5, 5.41) is 1.47. The average molecular weight is 459 g/mol. The molecule has 0 bridgehead atoms. The summed E-state index contributed by atoms with van der Waals surface area (Å²) in [5.74, 6) is 0. The molecule has 1 unspecified atom stereocenters. The molecule has 0 radical (unpaired) electrons. The SMILES string of the molecule is CC1Cc2ncnc(C3=CCN(S(C)(=O)=O)CC3)c2CN1c1cc(Cl)nc2[nH]ccc12. The van der Waals surface area contributed by atoms with Crippen LogP contribution >= 0.6 is 11.6 Å². The maximum absolute atomic E-state index is 11.9. The highest BCUT2D eigenvalue weighted by molar-refractivity contribution is 7.88. The Kier molecular flexibility index (Phi) is 4.99. The molecule has 1 atom stereocenters. The third kappa shape index (κ3) is 3.71. The minimum Gasteiger partial charge on any atom is -0.363 e. The van der Waals surface area contributed by atoms with Gasteiger partial charge in [-0.1, -0.05) is 17.7 Å². The number of nitrogens with one attached hydrogen (secondary N) is 1. The number of aromatic amines is 1. The second-order valence-corrected chi connectivity index (χ2v) is 10.5. The normalized spacial score (nSPS) is 20.0. The van der Waals surface area contributed by atoms with Gasteiger partial charge < -0.3 is 9.88 Å². The molecule has 2 aliphatic rings. The summed E-state index contributed by atoms with van der Waals surface area (Å²) in [4.78, 5) is 19.0. The molecule has 5 heterocycles. The van der Waals surface area contributed by atoms with E-state index in [9.17, 15) is 8.42 Å². The zero-order valence-corrected chi connectivity index (χ0v) is 18.9. The lowest BCUT2D eigenvalue weighted by molar-refractivity contribution is 0.445. The first-order chi connectivity index (χ1) is 14.8.